The number of rotatable bonds is 3. The van der Waals surface area contributed by atoms with E-state index in [9.17, 15) is 4.79 Å². The maximum atomic E-state index is 12.5. The molecule has 0 aromatic heterocycles. The van der Waals surface area contributed by atoms with Crippen molar-refractivity contribution in [1.29, 1.82) is 0 Å². The highest BCUT2D eigenvalue weighted by molar-refractivity contribution is 5.80. The predicted molar refractivity (Wildman–Crippen MR) is 63.0 cm³/mol. The van der Waals surface area contributed by atoms with Crippen LogP contribution in [0.15, 0.2) is 0 Å². The molecular weight excluding hydrogens is 200 g/mol. The molecule has 16 heavy (non-hydrogen) atoms. The maximum Gasteiger partial charge on any atom is 0.226 e. The van der Waals surface area contributed by atoms with Crippen LogP contribution in [0.25, 0.3) is 0 Å². The summed E-state index contributed by atoms with van der Waals surface area (Å²) in [5.74, 6) is 2.35. The molecule has 1 heterocycles. The topological polar surface area (TPSA) is 32.3 Å². The lowest BCUT2D eigenvalue weighted by Crippen LogP contribution is -2.53. The molecule has 0 bridgehead atoms. The van der Waals surface area contributed by atoms with Gasteiger partial charge in [0.1, 0.15) is 0 Å². The van der Waals surface area contributed by atoms with E-state index in [1.165, 1.54) is 25.7 Å². The van der Waals surface area contributed by atoms with Crippen LogP contribution in [0.4, 0.5) is 0 Å². The summed E-state index contributed by atoms with van der Waals surface area (Å²) in [6.07, 6.45) is 5.20. The van der Waals surface area contributed by atoms with Gasteiger partial charge >= 0.3 is 0 Å². The second-order valence-corrected chi connectivity index (χ2v) is 5.84. The van der Waals surface area contributed by atoms with Gasteiger partial charge in [0.05, 0.1) is 0 Å². The fourth-order valence-electron chi connectivity index (χ4n) is 3.04. The molecule has 2 saturated carbocycles. The summed E-state index contributed by atoms with van der Waals surface area (Å²) in [5, 5.41) is 3.40. The van der Waals surface area contributed by atoms with Crippen LogP contribution in [-0.2, 0) is 4.79 Å². The lowest BCUT2D eigenvalue weighted by molar-refractivity contribution is -0.138. The third kappa shape index (κ3) is 2.10. The molecule has 3 fully saturated rings. The van der Waals surface area contributed by atoms with Crippen molar-refractivity contribution < 1.29 is 4.79 Å². The van der Waals surface area contributed by atoms with E-state index in [1.54, 1.807) is 0 Å². The van der Waals surface area contributed by atoms with Crippen LogP contribution in [0, 0.1) is 17.8 Å². The molecule has 3 rings (SSSR count). The molecule has 0 spiro atoms. The molecule has 3 nitrogen and oxygen atoms in total. The fraction of sp³-hybridized carbons (Fsp3) is 0.923. The van der Waals surface area contributed by atoms with E-state index in [2.05, 4.69) is 17.1 Å². The molecule has 90 valence electrons. The Balaban J connectivity index is 1.65. The summed E-state index contributed by atoms with van der Waals surface area (Å²) in [6.45, 7) is 4.96. The molecule has 2 aliphatic carbocycles. The Morgan fingerprint density at radius 1 is 1.25 bits per heavy atom. The van der Waals surface area contributed by atoms with Crippen molar-refractivity contribution >= 4 is 5.91 Å². The summed E-state index contributed by atoms with van der Waals surface area (Å²) < 4.78 is 0. The van der Waals surface area contributed by atoms with Gasteiger partial charge in [-0.1, -0.05) is 0 Å². The third-order valence-electron chi connectivity index (χ3n) is 4.23. The highest BCUT2D eigenvalue weighted by atomic mass is 16.2. The molecule has 0 radical (unpaired) electrons. The second kappa shape index (κ2) is 4.02. The van der Waals surface area contributed by atoms with Gasteiger partial charge in [0.15, 0.2) is 0 Å². The zero-order chi connectivity index (χ0) is 11.1. The highest BCUT2D eigenvalue weighted by Gasteiger charge is 2.47. The molecule has 3 heteroatoms. The van der Waals surface area contributed by atoms with E-state index < -0.39 is 0 Å². The van der Waals surface area contributed by atoms with Crippen molar-refractivity contribution in [2.45, 2.75) is 38.6 Å². The minimum atomic E-state index is 0.394. The van der Waals surface area contributed by atoms with Crippen LogP contribution < -0.4 is 5.32 Å². The van der Waals surface area contributed by atoms with Crippen molar-refractivity contribution in [1.82, 2.24) is 10.2 Å². The van der Waals surface area contributed by atoms with Gasteiger partial charge in [-0.15, -0.1) is 0 Å². The van der Waals surface area contributed by atoms with E-state index in [0.717, 1.165) is 31.5 Å². The van der Waals surface area contributed by atoms with Crippen molar-refractivity contribution in [3.63, 3.8) is 0 Å². The van der Waals surface area contributed by atoms with Crippen LogP contribution in [0.3, 0.4) is 0 Å². The predicted octanol–water partition coefficient (Wildman–Crippen LogP) is 1.24. The van der Waals surface area contributed by atoms with Gasteiger partial charge in [0.2, 0.25) is 5.91 Å². The Bertz CT molecular complexity index is 272. The average Bonchev–Trinajstić information content (AvgIpc) is 3.12. The van der Waals surface area contributed by atoms with Crippen molar-refractivity contribution in [2.75, 3.05) is 19.6 Å². The van der Waals surface area contributed by atoms with E-state index in [1.807, 2.05) is 0 Å². The van der Waals surface area contributed by atoms with Crippen molar-refractivity contribution in [3.05, 3.63) is 0 Å². The number of carbonyl (C=O) groups is 1. The van der Waals surface area contributed by atoms with E-state index in [0.29, 0.717) is 17.9 Å². The highest BCUT2D eigenvalue weighted by Crippen LogP contribution is 2.49. The summed E-state index contributed by atoms with van der Waals surface area (Å²) in [6, 6.07) is 0.469. The Labute approximate surface area is 97.6 Å². The Hall–Kier alpha value is -0.570. The normalized spacial score (nSPS) is 30.9. The van der Waals surface area contributed by atoms with Gasteiger partial charge in [0.25, 0.3) is 0 Å². The second-order valence-electron chi connectivity index (χ2n) is 5.84. The molecule has 1 aliphatic heterocycles. The van der Waals surface area contributed by atoms with Gasteiger partial charge in [-0.25, -0.2) is 0 Å². The average molecular weight is 222 g/mol. The molecule has 1 N–H and O–H groups in total. The Morgan fingerprint density at radius 2 is 1.88 bits per heavy atom. The Morgan fingerprint density at radius 3 is 2.38 bits per heavy atom. The third-order valence-corrected chi connectivity index (χ3v) is 4.23. The lowest BCUT2D eigenvalue weighted by Gasteiger charge is -2.34. The molecule has 1 saturated heterocycles. The first-order chi connectivity index (χ1) is 7.75. The van der Waals surface area contributed by atoms with Gasteiger partial charge in [-0.2, -0.15) is 0 Å². The first-order valence-electron chi connectivity index (χ1n) is 6.78. The van der Waals surface area contributed by atoms with Gasteiger partial charge in [-0.3, -0.25) is 4.79 Å². The number of piperazine rings is 1. The van der Waals surface area contributed by atoms with E-state index >= 15 is 0 Å². The summed E-state index contributed by atoms with van der Waals surface area (Å²) in [5.41, 5.74) is 0. The number of hydrogen-bond donors (Lipinski definition) is 1. The number of nitrogens with zero attached hydrogens (tertiary/aromatic N) is 1. The van der Waals surface area contributed by atoms with Crippen LogP contribution >= 0.6 is 0 Å². The minimum absolute atomic E-state index is 0.394. The molecule has 1 amide bonds. The van der Waals surface area contributed by atoms with E-state index in [4.69, 9.17) is 0 Å². The zero-order valence-corrected chi connectivity index (χ0v) is 10.1. The molecule has 0 aromatic carbocycles. The maximum absolute atomic E-state index is 12.5. The molecule has 1 atom stereocenters. The monoisotopic (exact) mass is 222 g/mol. The van der Waals surface area contributed by atoms with Crippen LogP contribution in [0.1, 0.15) is 32.6 Å². The number of hydrogen-bond acceptors (Lipinski definition) is 2. The number of nitrogens with one attached hydrogen (secondary N) is 1. The van der Waals surface area contributed by atoms with Crippen LogP contribution in [0.2, 0.25) is 0 Å². The SMILES string of the molecule is CC1CN(C(=O)C(C2CC2)C2CC2)CCN1. The van der Waals surface area contributed by atoms with Gasteiger partial charge in [-0.05, 0) is 44.4 Å². The first kappa shape index (κ1) is 10.6. The quantitative estimate of drug-likeness (QED) is 0.779. The van der Waals surface area contributed by atoms with Gasteiger partial charge in [0, 0.05) is 31.6 Å². The summed E-state index contributed by atoms with van der Waals surface area (Å²) in [7, 11) is 0. The van der Waals surface area contributed by atoms with E-state index in [-0.39, 0.29) is 0 Å². The smallest absolute Gasteiger partial charge is 0.226 e. The van der Waals surface area contributed by atoms with Crippen LogP contribution in [-0.4, -0.2) is 36.5 Å². The lowest BCUT2D eigenvalue weighted by atomic mass is 9.95. The molecular formula is C13H22N2O. The summed E-state index contributed by atoms with van der Waals surface area (Å²) >= 11 is 0. The van der Waals surface area contributed by atoms with Crippen molar-refractivity contribution in [3.8, 4) is 0 Å². The first-order valence-corrected chi connectivity index (χ1v) is 6.78. The molecule has 1 unspecified atom stereocenters. The molecule has 0 aromatic rings. The van der Waals surface area contributed by atoms with Gasteiger partial charge < -0.3 is 10.2 Å². The van der Waals surface area contributed by atoms with Crippen LogP contribution in [0.5, 0.6) is 0 Å². The van der Waals surface area contributed by atoms with Crippen molar-refractivity contribution in [2.24, 2.45) is 17.8 Å². The largest absolute Gasteiger partial charge is 0.340 e. The Kier molecular flexibility index (Phi) is 2.66. The number of carbonyl (C=O) groups excluding carboxylic acids is 1. The number of amides is 1. The summed E-state index contributed by atoms with van der Waals surface area (Å²) in [4.78, 5) is 14.6. The molecule has 3 aliphatic rings. The zero-order valence-electron chi connectivity index (χ0n) is 10.1. The minimum Gasteiger partial charge on any atom is -0.340 e. The fourth-order valence-corrected chi connectivity index (χ4v) is 3.04. The standard InChI is InChI=1S/C13H22N2O/c1-9-8-15(7-6-14-9)13(16)12(10-2-3-10)11-4-5-11/h9-12,14H,2-8H2,1H3.